The van der Waals surface area contributed by atoms with E-state index in [1.165, 1.54) is 0 Å². The van der Waals surface area contributed by atoms with Gasteiger partial charge in [-0.2, -0.15) is 5.10 Å². The summed E-state index contributed by atoms with van der Waals surface area (Å²) in [7, 11) is 0. The van der Waals surface area contributed by atoms with Crippen molar-refractivity contribution < 1.29 is 4.79 Å². The van der Waals surface area contributed by atoms with Crippen LogP contribution in [0.5, 0.6) is 0 Å². The number of nitrogens with zero attached hydrogens (tertiary/aromatic N) is 6. The van der Waals surface area contributed by atoms with E-state index < -0.39 is 0 Å². The Labute approximate surface area is 190 Å². The van der Waals surface area contributed by atoms with Crippen LogP contribution in [0.2, 0.25) is 0 Å². The number of benzene rings is 3. The minimum absolute atomic E-state index is 0.0538. The van der Waals surface area contributed by atoms with Gasteiger partial charge in [0.1, 0.15) is 12.0 Å². The van der Waals surface area contributed by atoms with Crippen molar-refractivity contribution in [1.29, 1.82) is 0 Å². The van der Waals surface area contributed by atoms with Crippen LogP contribution in [0.4, 0.5) is 0 Å². The smallest absolute Gasteiger partial charge is 0.258 e. The van der Waals surface area contributed by atoms with Gasteiger partial charge in [0, 0.05) is 24.8 Å². The van der Waals surface area contributed by atoms with Crippen molar-refractivity contribution in [3.63, 3.8) is 0 Å². The van der Waals surface area contributed by atoms with E-state index in [-0.39, 0.29) is 11.9 Å². The van der Waals surface area contributed by atoms with Crippen LogP contribution in [0.1, 0.15) is 29.1 Å². The molecule has 1 unspecified atom stereocenters. The predicted molar refractivity (Wildman–Crippen MR) is 126 cm³/mol. The molecule has 2 aromatic heterocycles. The highest BCUT2D eigenvalue weighted by Crippen LogP contribution is 2.33. The molecule has 0 bridgehead atoms. The Morgan fingerprint density at radius 1 is 0.939 bits per heavy atom. The summed E-state index contributed by atoms with van der Waals surface area (Å²) in [4.78, 5) is 15.8. The lowest BCUT2D eigenvalue weighted by molar-refractivity contribution is 0.0638. The number of rotatable bonds is 3. The lowest BCUT2D eigenvalue weighted by Gasteiger charge is -2.33. The zero-order valence-corrected chi connectivity index (χ0v) is 18.2. The summed E-state index contributed by atoms with van der Waals surface area (Å²) in [6.07, 6.45) is 3.57. The van der Waals surface area contributed by atoms with Crippen LogP contribution >= 0.6 is 0 Å². The maximum absolute atomic E-state index is 13.9. The zero-order valence-electron chi connectivity index (χ0n) is 18.2. The molecule has 0 saturated heterocycles. The van der Waals surface area contributed by atoms with Crippen LogP contribution in [0.25, 0.3) is 27.7 Å². The quantitative estimate of drug-likeness (QED) is 0.419. The first kappa shape index (κ1) is 19.4. The normalized spacial score (nSPS) is 15.5. The first-order valence-electron chi connectivity index (χ1n) is 11.0. The Bertz CT molecular complexity index is 1460. The lowest BCUT2D eigenvalue weighted by Crippen LogP contribution is -2.41. The van der Waals surface area contributed by atoms with E-state index in [1.54, 1.807) is 11.0 Å². The average molecular weight is 435 g/mol. The molecule has 3 heterocycles. The molecule has 33 heavy (non-hydrogen) atoms. The van der Waals surface area contributed by atoms with Gasteiger partial charge in [0.05, 0.1) is 17.3 Å². The van der Waals surface area contributed by atoms with Gasteiger partial charge in [0.25, 0.3) is 5.91 Å². The van der Waals surface area contributed by atoms with E-state index in [1.807, 2.05) is 77.2 Å². The Kier molecular flexibility index (Phi) is 4.54. The van der Waals surface area contributed by atoms with Gasteiger partial charge in [-0.1, -0.05) is 60.7 Å². The second-order valence-electron chi connectivity index (χ2n) is 8.26. The highest BCUT2D eigenvalue weighted by Gasteiger charge is 2.32. The van der Waals surface area contributed by atoms with E-state index in [0.717, 1.165) is 27.8 Å². The number of para-hydroxylation sites is 1. The minimum atomic E-state index is -0.172. The Balaban J connectivity index is 1.51. The average Bonchev–Trinajstić information content (AvgIpc) is 3.52. The molecule has 1 amide bonds. The highest BCUT2D eigenvalue weighted by molar-refractivity contribution is 6.05. The first-order chi connectivity index (χ1) is 16.2. The fraction of sp³-hybridized carbons (Fsp3) is 0.154. The molecule has 7 heteroatoms. The maximum Gasteiger partial charge on any atom is 0.258 e. The monoisotopic (exact) mass is 434 g/mol. The first-order valence-corrected chi connectivity index (χ1v) is 11.0. The van der Waals surface area contributed by atoms with Crippen LogP contribution in [0.15, 0.2) is 85.3 Å². The number of hydrogen-bond donors (Lipinski definition) is 0. The number of aromatic nitrogens is 5. The van der Waals surface area contributed by atoms with Crippen molar-refractivity contribution >= 4 is 16.7 Å². The largest absolute Gasteiger partial charge is 0.327 e. The van der Waals surface area contributed by atoms with Crippen LogP contribution < -0.4 is 0 Å². The lowest BCUT2D eigenvalue weighted by atomic mass is 9.99. The molecule has 0 saturated carbocycles. The molecule has 0 radical (unpaired) electrons. The molecule has 1 atom stereocenters. The fourth-order valence-electron chi connectivity index (χ4n) is 4.61. The Morgan fingerprint density at radius 3 is 2.61 bits per heavy atom. The second kappa shape index (κ2) is 7.70. The topological polar surface area (TPSA) is 68.8 Å². The van der Waals surface area contributed by atoms with Crippen molar-refractivity contribution in [2.75, 3.05) is 6.54 Å². The van der Waals surface area contributed by atoms with Crippen LogP contribution in [0.3, 0.4) is 0 Å². The second-order valence-corrected chi connectivity index (χ2v) is 8.26. The highest BCUT2D eigenvalue weighted by atomic mass is 16.2. The Hall–Kier alpha value is -4.26. The van der Waals surface area contributed by atoms with Gasteiger partial charge in [-0.3, -0.25) is 4.79 Å². The molecule has 3 aromatic carbocycles. The van der Waals surface area contributed by atoms with E-state index >= 15 is 0 Å². The number of fused-ring (bicyclic) bond motifs is 2. The molecule has 6 rings (SSSR count). The number of hydrogen-bond acceptors (Lipinski definition) is 4. The van der Waals surface area contributed by atoms with Crippen LogP contribution in [-0.4, -0.2) is 41.9 Å². The zero-order chi connectivity index (χ0) is 22.4. The summed E-state index contributed by atoms with van der Waals surface area (Å²) in [5, 5.41) is 15.4. The number of carbonyl (C=O) groups excluding carboxylic acids is 1. The predicted octanol–water partition coefficient (Wildman–Crippen LogP) is 4.50. The summed E-state index contributed by atoms with van der Waals surface area (Å²) in [6.45, 7) is 3.27. The maximum atomic E-state index is 13.9. The molecule has 0 aliphatic carbocycles. The van der Waals surface area contributed by atoms with Crippen molar-refractivity contribution in [3.8, 4) is 16.9 Å². The van der Waals surface area contributed by atoms with E-state index in [0.29, 0.717) is 24.3 Å². The molecule has 7 nitrogen and oxygen atoms in total. The van der Waals surface area contributed by atoms with Crippen molar-refractivity contribution in [3.05, 3.63) is 96.7 Å². The third-order valence-corrected chi connectivity index (χ3v) is 6.34. The third-order valence-electron chi connectivity index (χ3n) is 6.34. The molecule has 162 valence electrons. The summed E-state index contributed by atoms with van der Waals surface area (Å²) < 4.78 is 3.80. The number of carbonyl (C=O) groups is 1. The van der Waals surface area contributed by atoms with Gasteiger partial charge in [-0.15, -0.1) is 10.2 Å². The molecule has 1 aliphatic heterocycles. The molecule has 5 aromatic rings. The van der Waals surface area contributed by atoms with Crippen molar-refractivity contribution in [2.45, 2.75) is 19.5 Å². The van der Waals surface area contributed by atoms with E-state index in [9.17, 15) is 4.79 Å². The molecule has 0 spiro atoms. The third kappa shape index (κ3) is 3.20. The van der Waals surface area contributed by atoms with Crippen LogP contribution in [0, 0.1) is 0 Å². The molecular weight excluding hydrogens is 412 g/mol. The SMILES string of the molecule is CC1c2nncn2CCN1C(=O)c1cn(-c2ccccc2)nc1-c1cccc2ccccc12. The van der Waals surface area contributed by atoms with Gasteiger partial charge in [0.2, 0.25) is 0 Å². The van der Waals surface area contributed by atoms with Gasteiger partial charge in [-0.25, -0.2) is 4.68 Å². The van der Waals surface area contributed by atoms with Crippen molar-refractivity contribution in [2.24, 2.45) is 0 Å². The van der Waals surface area contributed by atoms with E-state index in [4.69, 9.17) is 5.10 Å². The number of amides is 1. The molecule has 0 N–H and O–H groups in total. The summed E-state index contributed by atoms with van der Waals surface area (Å²) in [6, 6.07) is 24.0. The molecule has 1 aliphatic rings. The minimum Gasteiger partial charge on any atom is -0.327 e. The summed E-state index contributed by atoms with van der Waals surface area (Å²) in [5.74, 6) is 0.749. The van der Waals surface area contributed by atoms with Gasteiger partial charge in [0.15, 0.2) is 5.82 Å². The van der Waals surface area contributed by atoms with Crippen molar-refractivity contribution in [1.82, 2.24) is 29.4 Å². The molecular formula is C26H22N6O. The summed E-state index contributed by atoms with van der Waals surface area (Å²) in [5.41, 5.74) is 3.11. The summed E-state index contributed by atoms with van der Waals surface area (Å²) >= 11 is 0. The Morgan fingerprint density at radius 2 is 1.73 bits per heavy atom. The fourth-order valence-corrected chi connectivity index (χ4v) is 4.61. The van der Waals surface area contributed by atoms with Gasteiger partial charge >= 0.3 is 0 Å². The van der Waals surface area contributed by atoms with Gasteiger partial charge in [-0.05, 0) is 29.8 Å². The van der Waals surface area contributed by atoms with Crippen LogP contribution in [-0.2, 0) is 6.54 Å². The molecule has 0 fully saturated rings. The van der Waals surface area contributed by atoms with Gasteiger partial charge < -0.3 is 9.47 Å². The van der Waals surface area contributed by atoms with E-state index in [2.05, 4.69) is 28.4 Å². The standard InChI is InChI=1S/C26H22N6O/c1-18-25-28-27-17-30(25)14-15-31(18)26(33)23-16-32(20-10-3-2-4-11-20)29-24(23)22-13-7-9-19-8-5-6-12-21(19)22/h2-13,16-18H,14-15H2,1H3.